The van der Waals surface area contributed by atoms with Gasteiger partial charge in [0, 0.05) is 5.56 Å². The quantitative estimate of drug-likeness (QED) is 0.900. The van der Waals surface area contributed by atoms with Crippen molar-refractivity contribution in [1.29, 1.82) is 0 Å². The fourth-order valence-corrected chi connectivity index (χ4v) is 3.11. The van der Waals surface area contributed by atoms with Gasteiger partial charge in [0.1, 0.15) is 0 Å². The second-order valence-corrected chi connectivity index (χ2v) is 6.50. The lowest BCUT2D eigenvalue weighted by atomic mass is 10.1. The van der Waals surface area contributed by atoms with Crippen molar-refractivity contribution in [3.05, 3.63) is 59.7 Å². The van der Waals surface area contributed by atoms with Crippen molar-refractivity contribution in [3.8, 4) is 0 Å². The molecule has 2 aromatic carbocycles. The summed E-state index contributed by atoms with van der Waals surface area (Å²) in [7, 11) is 1.96. The van der Waals surface area contributed by atoms with Gasteiger partial charge in [0.15, 0.2) is 0 Å². The third-order valence-corrected chi connectivity index (χ3v) is 4.54. The molecule has 0 radical (unpaired) electrons. The lowest BCUT2D eigenvalue weighted by Crippen LogP contribution is -2.37. The Balaban J connectivity index is 1.78. The number of rotatable bonds is 4. The van der Waals surface area contributed by atoms with Crippen molar-refractivity contribution in [2.24, 2.45) is 0 Å². The highest BCUT2D eigenvalue weighted by Crippen LogP contribution is 2.25. The number of carbonyl (C=O) groups is 2. The van der Waals surface area contributed by atoms with Crippen LogP contribution in [0.4, 0.5) is 11.4 Å². The molecule has 2 N–H and O–H groups in total. The van der Waals surface area contributed by atoms with Crippen LogP contribution in [0.15, 0.2) is 48.5 Å². The standard InChI is InChI=1S/C20H23N3O2/c1-14-10-11-16(21-19(24)15-7-4-3-5-8-15)17(13-14)22-20(25)18-9-6-12-23(18)2/h3-5,7-8,10-11,13,18H,6,9,12H2,1-2H3,(H,21,24)(H,22,25)/t18-/m1/s1. The lowest BCUT2D eigenvalue weighted by Gasteiger charge is -2.20. The van der Waals surface area contributed by atoms with Crippen LogP contribution >= 0.6 is 0 Å². The third-order valence-electron chi connectivity index (χ3n) is 4.54. The van der Waals surface area contributed by atoms with Crippen LogP contribution in [0.1, 0.15) is 28.8 Å². The minimum absolute atomic E-state index is 0.0270. The summed E-state index contributed by atoms with van der Waals surface area (Å²) in [6, 6.07) is 14.5. The van der Waals surface area contributed by atoms with Crippen LogP contribution in [0.5, 0.6) is 0 Å². The Kier molecular flexibility index (Phi) is 5.14. The van der Waals surface area contributed by atoms with Crippen molar-refractivity contribution in [3.63, 3.8) is 0 Å². The van der Waals surface area contributed by atoms with Gasteiger partial charge < -0.3 is 10.6 Å². The number of nitrogens with zero attached hydrogens (tertiary/aromatic N) is 1. The first-order chi connectivity index (χ1) is 12.0. The highest BCUT2D eigenvalue weighted by Gasteiger charge is 2.28. The van der Waals surface area contributed by atoms with Crippen LogP contribution in [0, 0.1) is 6.92 Å². The monoisotopic (exact) mass is 337 g/mol. The van der Waals surface area contributed by atoms with Crippen molar-refractivity contribution in [1.82, 2.24) is 4.90 Å². The summed E-state index contributed by atoms with van der Waals surface area (Å²) in [6.45, 7) is 2.89. The Morgan fingerprint density at radius 2 is 1.80 bits per heavy atom. The van der Waals surface area contributed by atoms with Gasteiger partial charge in [-0.05, 0) is 63.2 Å². The molecule has 5 heteroatoms. The van der Waals surface area contributed by atoms with Crippen molar-refractivity contribution in [2.75, 3.05) is 24.2 Å². The molecule has 0 unspecified atom stereocenters. The summed E-state index contributed by atoms with van der Waals surface area (Å²) in [5.41, 5.74) is 2.84. The molecule has 1 aliphatic rings. The summed E-state index contributed by atoms with van der Waals surface area (Å²) in [5.74, 6) is -0.223. The number of benzene rings is 2. The van der Waals surface area contributed by atoms with Crippen molar-refractivity contribution >= 4 is 23.2 Å². The van der Waals surface area contributed by atoms with E-state index in [1.54, 1.807) is 12.1 Å². The highest BCUT2D eigenvalue weighted by atomic mass is 16.2. The van der Waals surface area contributed by atoms with Gasteiger partial charge in [-0.3, -0.25) is 14.5 Å². The zero-order valence-corrected chi connectivity index (χ0v) is 14.6. The van der Waals surface area contributed by atoms with Crippen LogP contribution in [0.2, 0.25) is 0 Å². The molecule has 1 fully saturated rings. The lowest BCUT2D eigenvalue weighted by molar-refractivity contribution is -0.119. The number of hydrogen-bond donors (Lipinski definition) is 2. The van der Waals surface area contributed by atoms with Crippen LogP contribution in [0.3, 0.4) is 0 Å². The molecule has 1 aliphatic heterocycles. The van der Waals surface area contributed by atoms with E-state index in [-0.39, 0.29) is 17.9 Å². The number of nitrogens with one attached hydrogen (secondary N) is 2. The molecular weight excluding hydrogens is 314 g/mol. The number of amides is 2. The number of carbonyl (C=O) groups excluding carboxylic acids is 2. The molecule has 5 nitrogen and oxygen atoms in total. The largest absolute Gasteiger partial charge is 0.323 e. The first kappa shape index (κ1) is 17.2. The minimum Gasteiger partial charge on any atom is -0.323 e. The van der Waals surface area contributed by atoms with E-state index >= 15 is 0 Å². The molecule has 2 amide bonds. The van der Waals surface area contributed by atoms with E-state index < -0.39 is 0 Å². The maximum atomic E-state index is 12.6. The summed E-state index contributed by atoms with van der Waals surface area (Å²) in [6.07, 6.45) is 1.89. The van der Waals surface area contributed by atoms with E-state index in [0.29, 0.717) is 16.9 Å². The van der Waals surface area contributed by atoms with Gasteiger partial charge >= 0.3 is 0 Å². The maximum Gasteiger partial charge on any atom is 0.255 e. The van der Waals surface area contributed by atoms with Crippen molar-refractivity contribution < 1.29 is 9.59 Å². The Labute approximate surface area is 148 Å². The van der Waals surface area contributed by atoms with Crippen LogP contribution < -0.4 is 10.6 Å². The van der Waals surface area contributed by atoms with E-state index in [1.165, 1.54) is 0 Å². The smallest absolute Gasteiger partial charge is 0.255 e. The molecule has 0 aromatic heterocycles. The molecule has 1 atom stereocenters. The summed E-state index contributed by atoms with van der Waals surface area (Å²) in [4.78, 5) is 27.1. The van der Waals surface area contributed by atoms with Gasteiger partial charge in [-0.1, -0.05) is 24.3 Å². The second-order valence-electron chi connectivity index (χ2n) is 6.50. The number of hydrogen-bond acceptors (Lipinski definition) is 3. The van der Waals surface area contributed by atoms with E-state index in [9.17, 15) is 9.59 Å². The number of likely N-dealkylation sites (N-methyl/N-ethyl adjacent to an activating group) is 1. The van der Waals surface area contributed by atoms with E-state index in [4.69, 9.17) is 0 Å². The van der Waals surface area contributed by atoms with E-state index in [2.05, 4.69) is 15.5 Å². The van der Waals surface area contributed by atoms with Gasteiger partial charge in [-0.25, -0.2) is 0 Å². The third kappa shape index (κ3) is 4.06. The summed E-state index contributed by atoms with van der Waals surface area (Å²) in [5, 5.41) is 5.88. The average molecular weight is 337 g/mol. The van der Waals surface area contributed by atoms with Crippen LogP contribution in [-0.4, -0.2) is 36.3 Å². The van der Waals surface area contributed by atoms with Gasteiger partial charge in [-0.15, -0.1) is 0 Å². The fourth-order valence-electron chi connectivity index (χ4n) is 3.11. The molecule has 1 saturated heterocycles. The molecule has 1 heterocycles. The normalized spacial score (nSPS) is 17.3. The number of anilines is 2. The van der Waals surface area contributed by atoms with Gasteiger partial charge in [0.2, 0.25) is 5.91 Å². The van der Waals surface area contributed by atoms with E-state index in [0.717, 1.165) is 24.9 Å². The van der Waals surface area contributed by atoms with Gasteiger partial charge in [-0.2, -0.15) is 0 Å². The SMILES string of the molecule is Cc1ccc(NC(=O)c2ccccc2)c(NC(=O)[C@H]2CCCN2C)c1. The Bertz CT molecular complexity index is 774. The second kappa shape index (κ2) is 7.49. The predicted octanol–water partition coefficient (Wildman–Crippen LogP) is 3.28. The molecule has 130 valence electrons. The predicted molar refractivity (Wildman–Crippen MR) is 99.9 cm³/mol. The molecule has 2 aromatic rings. The minimum atomic E-state index is -0.196. The Morgan fingerprint density at radius 1 is 1.04 bits per heavy atom. The van der Waals surface area contributed by atoms with Crippen molar-refractivity contribution in [2.45, 2.75) is 25.8 Å². The molecule has 25 heavy (non-hydrogen) atoms. The first-order valence-corrected chi connectivity index (χ1v) is 8.53. The number of likely N-dealkylation sites (tertiary alicyclic amines) is 1. The molecule has 0 aliphatic carbocycles. The average Bonchev–Trinajstić information content (AvgIpc) is 3.04. The molecule has 0 spiro atoms. The molecular formula is C20H23N3O2. The Hall–Kier alpha value is -2.66. The van der Waals surface area contributed by atoms with Gasteiger partial charge in [0.25, 0.3) is 5.91 Å². The zero-order chi connectivity index (χ0) is 17.8. The summed E-state index contributed by atoms with van der Waals surface area (Å²) < 4.78 is 0. The molecule has 0 saturated carbocycles. The number of aryl methyl sites for hydroxylation is 1. The fraction of sp³-hybridized carbons (Fsp3) is 0.300. The molecule has 0 bridgehead atoms. The van der Waals surface area contributed by atoms with Crippen LogP contribution in [0.25, 0.3) is 0 Å². The van der Waals surface area contributed by atoms with Gasteiger partial charge in [0.05, 0.1) is 17.4 Å². The molecule has 3 rings (SSSR count). The first-order valence-electron chi connectivity index (χ1n) is 8.53. The highest BCUT2D eigenvalue weighted by molar-refractivity contribution is 6.07. The maximum absolute atomic E-state index is 12.6. The van der Waals surface area contributed by atoms with Crippen LogP contribution in [-0.2, 0) is 4.79 Å². The topological polar surface area (TPSA) is 61.4 Å². The van der Waals surface area contributed by atoms with E-state index in [1.807, 2.05) is 50.4 Å². The zero-order valence-electron chi connectivity index (χ0n) is 14.6. The Morgan fingerprint density at radius 3 is 2.48 bits per heavy atom. The summed E-state index contributed by atoms with van der Waals surface area (Å²) >= 11 is 0.